The van der Waals surface area contributed by atoms with Crippen LogP contribution in [0.25, 0.3) is 0 Å². The van der Waals surface area contributed by atoms with E-state index in [2.05, 4.69) is 26.0 Å². The number of hydrogen-bond acceptors (Lipinski definition) is 3. The van der Waals surface area contributed by atoms with E-state index < -0.39 is 0 Å². The molecule has 0 atom stereocenters. The van der Waals surface area contributed by atoms with Gasteiger partial charge in [0.1, 0.15) is 0 Å². The Hall–Kier alpha value is -1.36. The van der Waals surface area contributed by atoms with Crippen molar-refractivity contribution in [3.63, 3.8) is 0 Å². The molecule has 1 aromatic rings. The van der Waals surface area contributed by atoms with Gasteiger partial charge >= 0.3 is 5.97 Å². The average molecular weight is 340 g/mol. The molecule has 0 heterocycles. The molecule has 0 unspecified atom stereocenters. The highest BCUT2D eigenvalue weighted by atomic mass is 79.9. The van der Waals surface area contributed by atoms with Crippen molar-refractivity contribution in [3.05, 3.63) is 34.3 Å². The zero-order valence-electron chi connectivity index (χ0n) is 11.4. The highest BCUT2D eigenvalue weighted by molar-refractivity contribution is 9.10. The van der Waals surface area contributed by atoms with Crippen LogP contribution in [0.4, 0.5) is 0 Å². The molecule has 1 N–H and O–H groups in total. The first-order valence-corrected chi connectivity index (χ1v) is 7.49. The van der Waals surface area contributed by atoms with Crippen LogP contribution in [-0.2, 0) is 19.7 Å². The highest BCUT2D eigenvalue weighted by Gasteiger charge is 2.51. The van der Waals surface area contributed by atoms with E-state index in [4.69, 9.17) is 0 Å². The Labute approximate surface area is 127 Å². The van der Waals surface area contributed by atoms with Crippen LogP contribution >= 0.6 is 15.9 Å². The minimum Gasteiger partial charge on any atom is -0.469 e. The van der Waals surface area contributed by atoms with Crippen molar-refractivity contribution in [2.75, 3.05) is 13.7 Å². The number of nitrogens with one attached hydrogen (secondary N) is 1. The number of esters is 1. The van der Waals surface area contributed by atoms with E-state index in [9.17, 15) is 9.59 Å². The predicted molar refractivity (Wildman–Crippen MR) is 79.3 cm³/mol. The van der Waals surface area contributed by atoms with Crippen LogP contribution in [0.5, 0.6) is 0 Å². The van der Waals surface area contributed by atoms with Crippen molar-refractivity contribution in [1.29, 1.82) is 0 Å². The summed E-state index contributed by atoms with van der Waals surface area (Å²) < 4.78 is 5.55. The number of hydrogen-bond donors (Lipinski definition) is 1. The molecule has 1 aliphatic rings. The monoisotopic (exact) mass is 339 g/mol. The SMILES string of the molecule is COC(=O)CCCNC(=O)C1(c2cccc(Br)c2)CC1. The Morgan fingerprint density at radius 3 is 2.75 bits per heavy atom. The van der Waals surface area contributed by atoms with Crippen LogP contribution in [0.15, 0.2) is 28.7 Å². The summed E-state index contributed by atoms with van der Waals surface area (Å²) in [5.74, 6) is -0.187. The molecule has 0 radical (unpaired) electrons. The molecule has 2 rings (SSSR count). The van der Waals surface area contributed by atoms with Gasteiger partial charge in [0.15, 0.2) is 0 Å². The third kappa shape index (κ3) is 3.39. The van der Waals surface area contributed by atoms with Gasteiger partial charge in [0.05, 0.1) is 12.5 Å². The van der Waals surface area contributed by atoms with E-state index in [0.717, 1.165) is 22.9 Å². The molecular formula is C15H18BrNO3. The molecule has 5 heteroatoms. The van der Waals surface area contributed by atoms with Crippen molar-refractivity contribution in [3.8, 4) is 0 Å². The molecule has 1 aromatic carbocycles. The zero-order chi connectivity index (χ0) is 14.6. The Morgan fingerprint density at radius 1 is 1.40 bits per heavy atom. The highest BCUT2D eigenvalue weighted by Crippen LogP contribution is 2.48. The van der Waals surface area contributed by atoms with Crippen molar-refractivity contribution in [2.24, 2.45) is 0 Å². The number of rotatable bonds is 6. The molecule has 0 saturated heterocycles. The van der Waals surface area contributed by atoms with Crippen molar-refractivity contribution in [2.45, 2.75) is 31.1 Å². The fraction of sp³-hybridized carbons (Fsp3) is 0.467. The standard InChI is InChI=1S/C15H18BrNO3/c1-20-13(18)6-3-9-17-14(19)15(7-8-15)11-4-2-5-12(16)10-11/h2,4-5,10H,3,6-9H2,1H3,(H,17,19). The first-order valence-electron chi connectivity index (χ1n) is 6.70. The lowest BCUT2D eigenvalue weighted by atomic mass is 9.95. The molecule has 1 aliphatic carbocycles. The van der Waals surface area contributed by atoms with Gasteiger partial charge in [-0.3, -0.25) is 9.59 Å². The second-order valence-electron chi connectivity index (χ2n) is 5.03. The maximum absolute atomic E-state index is 12.3. The van der Waals surface area contributed by atoms with Gasteiger partial charge in [-0.25, -0.2) is 0 Å². The third-order valence-corrected chi connectivity index (χ3v) is 4.13. The number of methoxy groups -OCH3 is 1. The van der Waals surface area contributed by atoms with E-state index in [1.807, 2.05) is 24.3 Å². The molecule has 0 aliphatic heterocycles. The van der Waals surface area contributed by atoms with Gasteiger partial charge in [0, 0.05) is 17.4 Å². The van der Waals surface area contributed by atoms with E-state index in [0.29, 0.717) is 19.4 Å². The van der Waals surface area contributed by atoms with Gasteiger partial charge in [0.25, 0.3) is 0 Å². The summed E-state index contributed by atoms with van der Waals surface area (Å²) in [5, 5.41) is 2.92. The van der Waals surface area contributed by atoms with Gasteiger partial charge < -0.3 is 10.1 Å². The van der Waals surface area contributed by atoms with Crippen molar-refractivity contribution >= 4 is 27.8 Å². The fourth-order valence-electron chi connectivity index (χ4n) is 2.26. The minimum absolute atomic E-state index is 0.0560. The normalized spacial score (nSPS) is 15.5. The molecule has 108 valence electrons. The second-order valence-corrected chi connectivity index (χ2v) is 5.94. The van der Waals surface area contributed by atoms with E-state index >= 15 is 0 Å². The summed E-state index contributed by atoms with van der Waals surface area (Å²) in [6.07, 6.45) is 2.70. The lowest BCUT2D eigenvalue weighted by Gasteiger charge is -2.16. The van der Waals surface area contributed by atoms with Gasteiger partial charge in [-0.1, -0.05) is 28.1 Å². The second kappa shape index (κ2) is 6.39. The summed E-state index contributed by atoms with van der Waals surface area (Å²) in [7, 11) is 1.37. The number of carbonyl (C=O) groups is 2. The Kier molecular flexibility index (Phi) is 4.81. The van der Waals surface area contributed by atoms with E-state index in [1.165, 1.54) is 7.11 Å². The molecular weight excluding hydrogens is 322 g/mol. The first kappa shape index (κ1) is 15.0. The number of amides is 1. The van der Waals surface area contributed by atoms with Crippen LogP contribution < -0.4 is 5.32 Å². The topological polar surface area (TPSA) is 55.4 Å². The first-order chi connectivity index (χ1) is 9.58. The van der Waals surface area contributed by atoms with E-state index in [1.54, 1.807) is 0 Å². The van der Waals surface area contributed by atoms with Crippen molar-refractivity contribution < 1.29 is 14.3 Å². The molecule has 1 fully saturated rings. The van der Waals surface area contributed by atoms with Crippen LogP contribution in [0.3, 0.4) is 0 Å². The maximum atomic E-state index is 12.3. The minimum atomic E-state index is -0.366. The zero-order valence-corrected chi connectivity index (χ0v) is 13.0. The quantitative estimate of drug-likeness (QED) is 0.640. The smallest absolute Gasteiger partial charge is 0.305 e. The molecule has 1 amide bonds. The molecule has 0 spiro atoms. The van der Waals surface area contributed by atoms with Crippen LogP contribution in [-0.4, -0.2) is 25.5 Å². The lowest BCUT2D eigenvalue weighted by molar-refractivity contribution is -0.140. The molecule has 4 nitrogen and oxygen atoms in total. The van der Waals surface area contributed by atoms with Crippen LogP contribution in [0, 0.1) is 0 Å². The maximum Gasteiger partial charge on any atom is 0.305 e. The van der Waals surface area contributed by atoms with Crippen LogP contribution in [0.2, 0.25) is 0 Å². The van der Waals surface area contributed by atoms with Gasteiger partial charge in [0.2, 0.25) is 5.91 Å². The predicted octanol–water partition coefficient (Wildman–Crippen LogP) is 2.55. The Morgan fingerprint density at radius 2 is 2.15 bits per heavy atom. The summed E-state index contributed by atoms with van der Waals surface area (Å²) in [6.45, 7) is 0.504. The van der Waals surface area contributed by atoms with Crippen LogP contribution in [0.1, 0.15) is 31.2 Å². The Bertz CT molecular complexity index is 512. The molecule has 0 aromatic heterocycles. The largest absolute Gasteiger partial charge is 0.469 e. The van der Waals surface area contributed by atoms with Gasteiger partial charge in [-0.2, -0.15) is 0 Å². The molecule has 1 saturated carbocycles. The summed E-state index contributed by atoms with van der Waals surface area (Å²) in [6, 6.07) is 7.89. The van der Waals surface area contributed by atoms with Gasteiger partial charge in [-0.15, -0.1) is 0 Å². The van der Waals surface area contributed by atoms with Crippen molar-refractivity contribution in [1.82, 2.24) is 5.32 Å². The number of benzene rings is 1. The molecule has 0 bridgehead atoms. The molecule has 20 heavy (non-hydrogen) atoms. The average Bonchev–Trinajstić information content (AvgIpc) is 3.24. The number of carbonyl (C=O) groups excluding carboxylic acids is 2. The number of halogens is 1. The lowest BCUT2D eigenvalue weighted by Crippen LogP contribution is -2.35. The number of ether oxygens (including phenoxy) is 1. The fourth-order valence-corrected chi connectivity index (χ4v) is 2.66. The van der Waals surface area contributed by atoms with E-state index in [-0.39, 0.29) is 17.3 Å². The Balaban J connectivity index is 1.88. The summed E-state index contributed by atoms with van der Waals surface area (Å²) >= 11 is 3.44. The third-order valence-electron chi connectivity index (χ3n) is 3.63. The van der Waals surface area contributed by atoms with Gasteiger partial charge in [-0.05, 0) is 37.0 Å². The summed E-state index contributed by atoms with van der Waals surface area (Å²) in [5.41, 5.74) is 0.687. The summed E-state index contributed by atoms with van der Waals surface area (Å²) in [4.78, 5) is 23.3.